The van der Waals surface area contributed by atoms with Gasteiger partial charge in [0.05, 0.1) is 6.54 Å². The van der Waals surface area contributed by atoms with Gasteiger partial charge in [-0.2, -0.15) is 0 Å². The SMILES string of the molecule is CCCCCc1nc(C(CC)(OC)OC)nn1Cc1ccc(-c2cccnc2C(=O)O)cc1. The van der Waals surface area contributed by atoms with Crippen molar-refractivity contribution in [3.8, 4) is 11.1 Å². The van der Waals surface area contributed by atoms with Gasteiger partial charge in [0.1, 0.15) is 5.82 Å². The summed E-state index contributed by atoms with van der Waals surface area (Å²) in [7, 11) is 3.21. The minimum absolute atomic E-state index is 0.0411. The summed E-state index contributed by atoms with van der Waals surface area (Å²) in [6, 6.07) is 11.3. The Kier molecular flexibility index (Phi) is 8.30. The van der Waals surface area contributed by atoms with E-state index in [0.717, 1.165) is 42.6 Å². The lowest BCUT2D eigenvalue weighted by Crippen LogP contribution is -2.31. The number of ether oxygens (including phenoxy) is 2. The van der Waals surface area contributed by atoms with Crippen LogP contribution in [0.25, 0.3) is 11.1 Å². The van der Waals surface area contributed by atoms with E-state index >= 15 is 0 Å². The fourth-order valence-corrected chi connectivity index (χ4v) is 3.86. The highest BCUT2D eigenvalue weighted by Gasteiger charge is 2.35. The molecule has 0 atom stereocenters. The van der Waals surface area contributed by atoms with Crippen molar-refractivity contribution in [2.75, 3.05) is 14.2 Å². The fourth-order valence-electron chi connectivity index (χ4n) is 3.86. The standard InChI is InChI=1S/C25H32N4O4/c1-5-7-8-11-21-27-24(25(6-2,32-3)33-4)28-29(21)17-18-12-14-19(15-13-18)20-10-9-16-26-22(20)23(30)31/h9-10,12-16H,5-8,11,17H2,1-4H3,(H,30,31). The molecule has 3 aromatic rings. The molecule has 8 heteroatoms. The normalized spacial score (nSPS) is 11.6. The van der Waals surface area contributed by atoms with E-state index in [1.165, 1.54) is 6.20 Å². The number of benzene rings is 1. The number of hydrogen-bond acceptors (Lipinski definition) is 6. The van der Waals surface area contributed by atoms with Crippen LogP contribution in [0.4, 0.5) is 0 Å². The average Bonchev–Trinajstić information content (AvgIpc) is 3.24. The maximum atomic E-state index is 11.5. The maximum Gasteiger partial charge on any atom is 0.355 e. The molecule has 0 unspecified atom stereocenters. The number of aromatic carboxylic acids is 1. The van der Waals surface area contributed by atoms with Gasteiger partial charge < -0.3 is 14.6 Å². The highest BCUT2D eigenvalue weighted by Crippen LogP contribution is 2.28. The van der Waals surface area contributed by atoms with Crippen molar-refractivity contribution in [3.63, 3.8) is 0 Å². The zero-order valence-electron chi connectivity index (χ0n) is 19.7. The third kappa shape index (κ3) is 5.46. The van der Waals surface area contributed by atoms with Gasteiger partial charge in [-0.1, -0.05) is 57.0 Å². The first-order chi connectivity index (χ1) is 16.0. The lowest BCUT2D eigenvalue weighted by Gasteiger charge is -2.26. The third-order valence-corrected chi connectivity index (χ3v) is 5.83. The molecule has 0 aliphatic heterocycles. The number of nitrogens with zero attached hydrogens (tertiary/aromatic N) is 4. The minimum Gasteiger partial charge on any atom is -0.476 e. The third-order valence-electron chi connectivity index (χ3n) is 5.83. The van der Waals surface area contributed by atoms with Gasteiger partial charge in [0.2, 0.25) is 11.6 Å². The van der Waals surface area contributed by atoms with Gasteiger partial charge in [-0.25, -0.2) is 19.4 Å². The quantitative estimate of drug-likeness (QED) is 0.315. The molecule has 8 nitrogen and oxygen atoms in total. The molecule has 3 rings (SSSR count). The number of carboxylic acids is 1. The number of carbonyl (C=O) groups is 1. The number of unbranched alkanes of at least 4 members (excludes halogenated alkanes) is 2. The monoisotopic (exact) mass is 452 g/mol. The Morgan fingerprint density at radius 1 is 1.09 bits per heavy atom. The van der Waals surface area contributed by atoms with E-state index in [9.17, 15) is 9.90 Å². The van der Waals surface area contributed by atoms with Crippen LogP contribution in [0.3, 0.4) is 0 Å². The van der Waals surface area contributed by atoms with Gasteiger partial charge in [0.25, 0.3) is 0 Å². The Hall–Kier alpha value is -3.10. The molecule has 0 spiro atoms. The minimum atomic E-state index is -1.04. The van der Waals surface area contributed by atoms with E-state index in [-0.39, 0.29) is 5.69 Å². The molecule has 0 aliphatic rings. The molecule has 0 saturated carbocycles. The second-order valence-electron chi connectivity index (χ2n) is 7.88. The second kappa shape index (κ2) is 11.2. The molecule has 1 N–H and O–H groups in total. The number of hydrogen-bond donors (Lipinski definition) is 1. The van der Waals surface area contributed by atoms with Crippen molar-refractivity contribution < 1.29 is 19.4 Å². The summed E-state index contributed by atoms with van der Waals surface area (Å²) < 4.78 is 13.2. The first-order valence-electron chi connectivity index (χ1n) is 11.3. The Morgan fingerprint density at radius 3 is 2.42 bits per heavy atom. The summed E-state index contributed by atoms with van der Waals surface area (Å²) in [5, 5.41) is 14.2. The van der Waals surface area contributed by atoms with Gasteiger partial charge in [-0.3, -0.25) is 0 Å². The van der Waals surface area contributed by atoms with Gasteiger partial charge in [-0.05, 0) is 23.6 Å². The van der Waals surface area contributed by atoms with Crippen molar-refractivity contribution in [1.29, 1.82) is 0 Å². The fraction of sp³-hybridized carbons (Fsp3) is 0.440. The van der Waals surface area contributed by atoms with E-state index in [1.54, 1.807) is 26.4 Å². The number of aromatic nitrogens is 4. The van der Waals surface area contributed by atoms with E-state index in [4.69, 9.17) is 19.6 Å². The molecule has 0 aliphatic carbocycles. The number of pyridine rings is 1. The van der Waals surface area contributed by atoms with Crippen molar-refractivity contribution in [3.05, 3.63) is 65.5 Å². The zero-order valence-corrected chi connectivity index (χ0v) is 19.7. The van der Waals surface area contributed by atoms with Gasteiger partial charge in [0.15, 0.2) is 5.69 Å². The number of carboxylic acid groups (broad SMARTS) is 1. The molecule has 2 aromatic heterocycles. The molecule has 0 saturated heterocycles. The molecule has 176 valence electrons. The van der Waals surface area contributed by atoms with Crippen LogP contribution >= 0.6 is 0 Å². The summed E-state index contributed by atoms with van der Waals surface area (Å²) in [4.78, 5) is 20.3. The van der Waals surface area contributed by atoms with Crippen LogP contribution in [-0.4, -0.2) is 45.0 Å². The maximum absolute atomic E-state index is 11.5. The van der Waals surface area contributed by atoms with E-state index < -0.39 is 11.8 Å². The lowest BCUT2D eigenvalue weighted by atomic mass is 10.0. The number of methoxy groups -OCH3 is 2. The number of rotatable bonds is 12. The van der Waals surface area contributed by atoms with Gasteiger partial charge in [-0.15, -0.1) is 5.10 Å². The summed E-state index contributed by atoms with van der Waals surface area (Å²) >= 11 is 0. The Labute approximate surface area is 194 Å². The molecule has 0 radical (unpaired) electrons. The smallest absolute Gasteiger partial charge is 0.355 e. The summed E-state index contributed by atoms with van der Waals surface area (Å²) in [6.45, 7) is 4.70. The first-order valence-corrected chi connectivity index (χ1v) is 11.3. The predicted molar refractivity (Wildman–Crippen MR) is 125 cm³/mol. The molecule has 0 bridgehead atoms. The van der Waals surface area contributed by atoms with Crippen LogP contribution in [0.1, 0.15) is 67.2 Å². The van der Waals surface area contributed by atoms with Crippen molar-refractivity contribution in [2.24, 2.45) is 0 Å². The second-order valence-corrected chi connectivity index (χ2v) is 7.88. The van der Waals surface area contributed by atoms with Gasteiger partial charge >= 0.3 is 5.97 Å². The molecule has 0 fully saturated rings. The van der Waals surface area contributed by atoms with Crippen LogP contribution in [-0.2, 0) is 28.2 Å². The first kappa shape index (κ1) is 24.5. The zero-order chi connectivity index (χ0) is 23.8. The molecule has 0 amide bonds. The summed E-state index contributed by atoms with van der Waals surface area (Å²) in [5.41, 5.74) is 2.47. The molecule has 33 heavy (non-hydrogen) atoms. The molecule has 1 aromatic carbocycles. The average molecular weight is 453 g/mol. The molecule has 2 heterocycles. The molecular weight excluding hydrogens is 420 g/mol. The van der Waals surface area contributed by atoms with Crippen LogP contribution in [0, 0.1) is 0 Å². The lowest BCUT2D eigenvalue weighted by molar-refractivity contribution is -0.222. The van der Waals surface area contributed by atoms with Crippen LogP contribution < -0.4 is 0 Å². The van der Waals surface area contributed by atoms with E-state index in [0.29, 0.717) is 24.4 Å². The van der Waals surface area contributed by atoms with E-state index in [2.05, 4.69) is 11.9 Å². The predicted octanol–water partition coefficient (Wildman–Crippen LogP) is 4.67. The topological polar surface area (TPSA) is 99.4 Å². The highest BCUT2D eigenvalue weighted by molar-refractivity contribution is 5.93. The Morgan fingerprint density at radius 2 is 1.82 bits per heavy atom. The summed E-state index contributed by atoms with van der Waals surface area (Å²) in [5.74, 6) is -0.589. The highest BCUT2D eigenvalue weighted by atomic mass is 16.7. The largest absolute Gasteiger partial charge is 0.476 e. The Balaban J connectivity index is 1.89. The van der Waals surface area contributed by atoms with Crippen molar-refractivity contribution in [1.82, 2.24) is 19.7 Å². The Bertz CT molecular complexity index is 1050. The number of aryl methyl sites for hydroxylation is 1. The van der Waals surface area contributed by atoms with Crippen molar-refractivity contribution in [2.45, 2.75) is 58.3 Å². The summed E-state index contributed by atoms with van der Waals surface area (Å²) in [6.07, 6.45) is 6.19. The van der Waals surface area contributed by atoms with Crippen LogP contribution in [0.5, 0.6) is 0 Å². The van der Waals surface area contributed by atoms with Crippen LogP contribution in [0.2, 0.25) is 0 Å². The van der Waals surface area contributed by atoms with Crippen molar-refractivity contribution >= 4 is 5.97 Å². The van der Waals surface area contributed by atoms with Gasteiger partial charge in [0, 0.05) is 38.8 Å². The molecular formula is C25H32N4O4. The van der Waals surface area contributed by atoms with Crippen LogP contribution in [0.15, 0.2) is 42.6 Å². The van der Waals surface area contributed by atoms with E-state index in [1.807, 2.05) is 35.9 Å².